The number of hydrogen-bond acceptors (Lipinski definition) is 4. The summed E-state index contributed by atoms with van der Waals surface area (Å²) >= 11 is 0. The van der Waals surface area contributed by atoms with Crippen molar-refractivity contribution < 1.29 is 18.4 Å². The van der Waals surface area contributed by atoms with Gasteiger partial charge in [-0.25, -0.2) is 9.37 Å². The highest BCUT2D eigenvalue weighted by Gasteiger charge is 2.35. The standard InChI is InChI=1S/C20H18FN3O3/c1-11-7-14(21)3-5-16(11)23-20(26)13-8-19(25)24(10-13)15-4-6-18-17(9-15)22-12(2)27-18/h3-7,9,13H,8,10H2,1-2H3,(H,23,26)/t13-/m1/s1. The molecular formula is C20H18FN3O3. The molecule has 2 amide bonds. The summed E-state index contributed by atoms with van der Waals surface area (Å²) in [5, 5.41) is 2.79. The van der Waals surface area contributed by atoms with Gasteiger partial charge >= 0.3 is 0 Å². The molecule has 0 bridgehead atoms. The molecule has 1 atom stereocenters. The van der Waals surface area contributed by atoms with Crippen molar-refractivity contribution in [3.63, 3.8) is 0 Å². The zero-order valence-corrected chi connectivity index (χ0v) is 15.0. The maximum atomic E-state index is 13.2. The first-order chi connectivity index (χ1) is 12.9. The summed E-state index contributed by atoms with van der Waals surface area (Å²) in [4.78, 5) is 30.9. The summed E-state index contributed by atoms with van der Waals surface area (Å²) in [5.41, 5.74) is 3.20. The molecule has 1 aromatic heterocycles. The molecule has 27 heavy (non-hydrogen) atoms. The molecular weight excluding hydrogens is 349 g/mol. The Hall–Kier alpha value is -3.22. The fraction of sp³-hybridized carbons (Fsp3) is 0.250. The summed E-state index contributed by atoms with van der Waals surface area (Å²) in [6, 6.07) is 9.52. The first-order valence-corrected chi connectivity index (χ1v) is 8.65. The molecule has 1 saturated heterocycles. The van der Waals surface area contributed by atoms with Crippen LogP contribution in [0, 0.1) is 25.6 Å². The van der Waals surface area contributed by atoms with E-state index in [4.69, 9.17) is 4.42 Å². The third kappa shape index (κ3) is 3.28. The second-order valence-corrected chi connectivity index (χ2v) is 6.74. The lowest BCUT2D eigenvalue weighted by atomic mass is 10.1. The highest BCUT2D eigenvalue weighted by atomic mass is 19.1. The molecule has 1 aliphatic rings. The van der Waals surface area contributed by atoms with E-state index in [0.717, 1.165) is 0 Å². The normalized spacial score (nSPS) is 16.9. The highest BCUT2D eigenvalue weighted by Crippen LogP contribution is 2.29. The van der Waals surface area contributed by atoms with Crippen molar-refractivity contribution >= 4 is 34.3 Å². The van der Waals surface area contributed by atoms with Crippen LogP contribution in [-0.4, -0.2) is 23.3 Å². The number of carbonyl (C=O) groups excluding carboxylic acids is 2. The molecule has 3 aromatic rings. The average molecular weight is 367 g/mol. The largest absolute Gasteiger partial charge is 0.441 e. The maximum absolute atomic E-state index is 13.2. The highest BCUT2D eigenvalue weighted by molar-refractivity contribution is 6.04. The molecule has 4 rings (SSSR count). The van der Waals surface area contributed by atoms with E-state index in [1.165, 1.54) is 18.2 Å². The van der Waals surface area contributed by atoms with Crippen molar-refractivity contribution in [1.29, 1.82) is 0 Å². The molecule has 0 spiro atoms. The van der Waals surface area contributed by atoms with Crippen LogP contribution in [0.15, 0.2) is 40.8 Å². The van der Waals surface area contributed by atoms with E-state index in [1.807, 2.05) is 0 Å². The van der Waals surface area contributed by atoms with E-state index < -0.39 is 5.92 Å². The number of amides is 2. The number of aryl methyl sites for hydroxylation is 2. The quantitative estimate of drug-likeness (QED) is 0.768. The number of oxazole rings is 1. The first kappa shape index (κ1) is 17.2. The minimum atomic E-state index is -0.475. The average Bonchev–Trinajstić information content (AvgIpc) is 3.18. The van der Waals surface area contributed by atoms with E-state index in [-0.39, 0.29) is 30.6 Å². The van der Waals surface area contributed by atoms with Crippen molar-refractivity contribution in [2.24, 2.45) is 5.92 Å². The van der Waals surface area contributed by atoms with Gasteiger partial charge < -0.3 is 14.6 Å². The molecule has 2 heterocycles. The van der Waals surface area contributed by atoms with Crippen LogP contribution in [0.5, 0.6) is 0 Å². The van der Waals surface area contributed by atoms with Crippen LogP contribution >= 0.6 is 0 Å². The van der Waals surface area contributed by atoms with E-state index in [9.17, 15) is 14.0 Å². The summed E-state index contributed by atoms with van der Waals surface area (Å²) < 4.78 is 18.7. The second kappa shape index (κ2) is 6.50. The molecule has 138 valence electrons. The number of fused-ring (bicyclic) bond motifs is 1. The Labute approximate surface area is 155 Å². The molecule has 0 saturated carbocycles. The lowest BCUT2D eigenvalue weighted by molar-refractivity contribution is -0.122. The lowest BCUT2D eigenvalue weighted by Crippen LogP contribution is -2.28. The predicted molar refractivity (Wildman–Crippen MR) is 99.0 cm³/mol. The smallest absolute Gasteiger partial charge is 0.229 e. The van der Waals surface area contributed by atoms with E-state index in [0.29, 0.717) is 33.9 Å². The third-order valence-corrected chi connectivity index (χ3v) is 4.73. The Bertz CT molecular complexity index is 1060. The predicted octanol–water partition coefficient (Wildman–Crippen LogP) is 3.58. The fourth-order valence-corrected chi connectivity index (χ4v) is 3.33. The zero-order valence-electron chi connectivity index (χ0n) is 15.0. The van der Waals surface area contributed by atoms with Gasteiger partial charge in [0.2, 0.25) is 11.8 Å². The van der Waals surface area contributed by atoms with Gasteiger partial charge in [0.25, 0.3) is 0 Å². The Morgan fingerprint density at radius 1 is 1.26 bits per heavy atom. The van der Waals surface area contributed by atoms with E-state index in [2.05, 4.69) is 10.3 Å². The van der Waals surface area contributed by atoms with Gasteiger partial charge in [-0.3, -0.25) is 9.59 Å². The molecule has 1 fully saturated rings. The fourth-order valence-electron chi connectivity index (χ4n) is 3.33. The molecule has 7 heteroatoms. The SMILES string of the molecule is Cc1nc2cc(N3C[C@H](C(=O)Nc4ccc(F)cc4C)CC3=O)ccc2o1. The number of aromatic nitrogens is 1. The Morgan fingerprint density at radius 2 is 2.07 bits per heavy atom. The van der Waals surface area contributed by atoms with Gasteiger partial charge in [-0.2, -0.15) is 0 Å². The summed E-state index contributed by atoms with van der Waals surface area (Å²) in [5.74, 6) is -0.644. The van der Waals surface area contributed by atoms with E-state index in [1.54, 1.807) is 36.9 Å². The molecule has 0 aliphatic carbocycles. The number of hydrogen-bond donors (Lipinski definition) is 1. The van der Waals surface area contributed by atoms with E-state index >= 15 is 0 Å². The van der Waals surface area contributed by atoms with Gasteiger partial charge in [-0.1, -0.05) is 0 Å². The van der Waals surface area contributed by atoms with Gasteiger partial charge in [0.05, 0.1) is 5.92 Å². The van der Waals surface area contributed by atoms with Crippen molar-refractivity contribution in [2.45, 2.75) is 20.3 Å². The van der Waals surface area contributed by atoms with Crippen LogP contribution in [0.4, 0.5) is 15.8 Å². The summed E-state index contributed by atoms with van der Waals surface area (Å²) in [6.07, 6.45) is 0.127. The number of nitrogens with zero attached hydrogens (tertiary/aromatic N) is 2. The van der Waals surface area contributed by atoms with Gasteiger partial charge in [0, 0.05) is 31.3 Å². The number of rotatable bonds is 3. The van der Waals surface area contributed by atoms with Crippen LogP contribution in [0.1, 0.15) is 17.9 Å². The van der Waals surface area contributed by atoms with Crippen molar-refractivity contribution in [3.05, 3.63) is 53.7 Å². The van der Waals surface area contributed by atoms with Crippen molar-refractivity contribution in [2.75, 3.05) is 16.8 Å². The first-order valence-electron chi connectivity index (χ1n) is 8.65. The number of nitrogens with one attached hydrogen (secondary N) is 1. The Balaban J connectivity index is 1.51. The molecule has 2 aromatic carbocycles. The number of halogens is 1. The van der Waals surface area contributed by atoms with Crippen LogP contribution in [-0.2, 0) is 9.59 Å². The minimum Gasteiger partial charge on any atom is -0.441 e. The summed E-state index contributed by atoms with van der Waals surface area (Å²) in [7, 11) is 0. The number of carbonyl (C=O) groups is 2. The Morgan fingerprint density at radius 3 is 2.85 bits per heavy atom. The number of benzene rings is 2. The zero-order chi connectivity index (χ0) is 19.1. The van der Waals surface area contributed by atoms with Gasteiger partial charge in [0.15, 0.2) is 11.5 Å². The second-order valence-electron chi connectivity index (χ2n) is 6.74. The van der Waals surface area contributed by atoms with Crippen molar-refractivity contribution in [1.82, 2.24) is 4.98 Å². The van der Waals surface area contributed by atoms with Crippen LogP contribution in [0.2, 0.25) is 0 Å². The van der Waals surface area contributed by atoms with Gasteiger partial charge in [0.1, 0.15) is 11.3 Å². The number of anilines is 2. The topological polar surface area (TPSA) is 75.4 Å². The van der Waals surface area contributed by atoms with Crippen LogP contribution in [0.25, 0.3) is 11.1 Å². The van der Waals surface area contributed by atoms with Crippen LogP contribution < -0.4 is 10.2 Å². The lowest BCUT2D eigenvalue weighted by Gasteiger charge is -2.17. The molecule has 6 nitrogen and oxygen atoms in total. The van der Waals surface area contributed by atoms with Crippen LogP contribution in [0.3, 0.4) is 0 Å². The minimum absolute atomic E-state index is 0.120. The third-order valence-electron chi connectivity index (χ3n) is 4.73. The van der Waals surface area contributed by atoms with Crippen molar-refractivity contribution in [3.8, 4) is 0 Å². The Kier molecular flexibility index (Phi) is 4.14. The van der Waals surface area contributed by atoms with Gasteiger partial charge in [-0.15, -0.1) is 0 Å². The molecule has 0 radical (unpaired) electrons. The molecule has 0 unspecified atom stereocenters. The monoisotopic (exact) mass is 367 g/mol. The molecule has 1 aliphatic heterocycles. The maximum Gasteiger partial charge on any atom is 0.229 e. The summed E-state index contributed by atoms with van der Waals surface area (Å²) in [6.45, 7) is 3.77. The van der Waals surface area contributed by atoms with Gasteiger partial charge in [-0.05, 0) is 48.9 Å². The molecule has 1 N–H and O–H groups in total.